The molecule has 1 unspecified atom stereocenters. The van der Waals surface area contributed by atoms with Crippen LogP contribution in [0.2, 0.25) is 0 Å². The number of amides is 1. The highest BCUT2D eigenvalue weighted by Gasteiger charge is 2.31. The molecule has 0 saturated carbocycles. The monoisotopic (exact) mass is 368 g/mol. The van der Waals surface area contributed by atoms with Gasteiger partial charge in [-0.05, 0) is 25.8 Å². The molecule has 26 heavy (non-hydrogen) atoms. The zero-order chi connectivity index (χ0) is 19.0. The van der Waals surface area contributed by atoms with Gasteiger partial charge >= 0.3 is 11.8 Å². The van der Waals surface area contributed by atoms with E-state index in [-0.39, 0.29) is 24.2 Å². The number of hydrogen-bond acceptors (Lipinski definition) is 6. The van der Waals surface area contributed by atoms with Crippen LogP contribution in [-0.2, 0) is 0 Å². The second-order valence-electron chi connectivity index (χ2n) is 5.97. The lowest BCUT2D eigenvalue weighted by molar-refractivity contribution is -0.388. The van der Waals surface area contributed by atoms with E-state index in [2.05, 4.69) is 10.1 Å². The van der Waals surface area contributed by atoms with Crippen LogP contribution >= 0.6 is 0 Å². The highest BCUT2D eigenvalue weighted by Crippen LogP contribution is 2.34. The molecule has 1 saturated heterocycles. The standard InChI is InChI=1S/C15H14F2N4O5/c1-7-10(16)5-9(11(17)12(7)21(24)25)13-18-14(26-19-13)8-3-2-4-20(6-8)15(22)23/h5,8H,2-4,6H2,1H3,(H,22,23). The third-order valence-electron chi connectivity index (χ3n) is 4.34. The molecule has 1 aromatic heterocycles. The molecule has 1 amide bonds. The molecule has 0 spiro atoms. The van der Waals surface area contributed by atoms with Crippen molar-refractivity contribution in [3.05, 3.63) is 39.3 Å². The number of nitro groups is 1. The fourth-order valence-corrected chi connectivity index (χ4v) is 2.95. The molecule has 3 rings (SSSR count). The highest BCUT2D eigenvalue weighted by molar-refractivity contribution is 5.65. The highest BCUT2D eigenvalue weighted by atomic mass is 19.1. The van der Waals surface area contributed by atoms with Gasteiger partial charge in [0.05, 0.1) is 22.0 Å². The van der Waals surface area contributed by atoms with Gasteiger partial charge in [-0.2, -0.15) is 9.37 Å². The lowest BCUT2D eigenvalue weighted by Gasteiger charge is -2.28. The number of carboxylic acid groups (broad SMARTS) is 1. The van der Waals surface area contributed by atoms with Crippen LogP contribution in [0.25, 0.3) is 11.4 Å². The molecule has 1 N–H and O–H groups in total. The lowest BCUT2D eigenvalue weighted by Crippen LogP contribution is -2.38. The third kappa shape index (κ3) is 3.07. The largest absolute Gasteiger partial charge is 0.465 e. The first-order chi connectivity index (χ1) is 12.3. The van der Waals surface area contributed by atoms with Crippen LogP contribution in [0.5, 0.6) is 0 Å². The summed E-state index contributed by atoms with van der Waals surface area (Å²) < 4.78 is 33.5. The van der Waals surface area contributed by atoms with Crippen LogP contribution in [-0.4, -0.2) is 44.3 Å². The van der Waals surface area contributed by atoms with E-state index in [0.717, 1.165) is 13.0 Å². The van der Waals surface area contributed by atoms with Gasteiger partial charge < -0.3 is 14.5 Å². The van der Waals surface area contributed by atoms with Crippen molar-refractivity contribution in [2.45, 2.75) is 25.7 Å². The first-order valence-electron chi connectivity index (χ1n) is 7.74. The fraction of sp³-hybridized carbons (Fsp3) is 0.400. The third-order valence-corrected chi connectivity index (χ3v) is 4.34. The van der Waals surface area contributed by atoms with E-state index in [1.165, 1.54) is 4.90 Å². The number of aromatic nitrogens is 2. The van der Waals surface area contributed by atoms with Crippen LogP contribution in [0, 0.1) is 28.7 Å². The van der Waals surface area contributed by atoms with Crippen molar-refractivity contribution >= 4 is 11.8 Å². The zero-order valence-corrected chi connectivity index (χ0v) is 13.6. The number of hydrogen-bond donors (Lipinski definition) is 1. The molecule has 0 aliphatic carbocycles. The first-order valence-corrected chi connectivity index (χ1v) is 7.74. The Kier molecular flexibility index (Phi) is 4.53. The number of rotatable bonds is 3. The number of piperidine rings is 1. The molecule has 11 heteroatoms. The number of nitrogens with zero attached hydrogens (tertiary/aromatic N) is 4. The average Bonchev–Trinajstić information content (AvgIpc) is 3.08. The summed E-state index contributed by atoms with van der Waals surface area (Å²) in [6.07, 6.45) is 0.112. The zero-order valence-electron chi connectivity index (χ0n) is 13.6. The van der Waals surface area contributed by atoms with Gasteiger partial charge in [0.2, 0.25) is 17.5 Å². The Morgan fingerprint density at radius 1 is 1.50 bits per heavy atom. The predicted octanol–water partition coefficient (Wildman–Crippen LogP) is 3.09. The van der Waals surface area contributed by atoms with Crippen LogP contribution in [0.4, 0.5) is 19.3 Å². The topological polar surface area (TPSA) is 123 Å². The van der Waals surface area contributed by atoms with E-state index in [0.29, 0.717) is 19.4 Å². The predicted molar refractivity (Wildman–Crippen MR) is 82.6 cm³/mol. The fourth-order valence-electron chi connectivity index (χ4n) is 2.95. The van der Waals surface area contributed by atoms with Crippen LogP contribution in [0.1, 0.15) is 30.2 Å². The molecule has 138 valence electrons. The van der Waals surface area contributed by atoms with Crippen molar-refractivity contribution < 1.29 is 28.1 Å². The summed E-state index contributed by atoms with van der Waals surface area (Å²) in [6, 6.07) is 0.775. The summed E-state index contributed by atoms with van der Waals surface area (Å²) in [6.45, 7) is 1.63. The summed E-state index contributed by atoms with van der Waals surface area (Å²) in [5, 5.41) is 23.7. The molecule has 2 aromatic rings. The van der Waals surface area contributed by atoms with E-state index in [9.17, 15) is 23.7 Å². The number of nitro benzene ring substituents is 1. The summed E-state index contributed by atoms with van der Waals surface area (Å²) >= 11 is 0. The van der Waals surface area contributed by atoms with Crippen LogP contribution in [0.15, 0.2) is 10.6 Å². The van der Waals surface area contributed by atoms with Gasteiger partial charge in [0.15, 0.2) is 0 Å². The Bertz CT molecular complexity index is 885. The Labute approximate surface area is 145 Å². The van der Waals surface area contributed by atoms with Crippen molar-refractivity contribution in [1.29, 1.82) is 0 Å². The number of halogens is 2. The lowest BCUT2D eigenvalue weighted by atomic mass is 9.98. The minimum Gasteiger partial charge on any atom is -0.465 e. The van der Waals surface area contributed by atoms with Gasteiger partial charge in [-0.3, -0.25) is 10.1 Å². The van der Waals surface area contributed by atoms with E-state index in [1.807, 2.05) is 0 Å². The first kappa shape index (κ1) is 17.7. The Morgan fingerprint density at radius 3 is 2.88 bits per heavy atom. The molecular weight excluding hydrogens is 354 g/mol. The van der Waals surface area contributed by atoms with E-state index >= 15 is 0 Å². The van der Waals surface area contributed by atoms with Crippen molar-refractivity contribution in [1.82, 2.24) is 15.0 Å². The van der Waals surface area contributed by atoms with Gasteiger partial charge in [-0.15, -0.1) is 0 Å². The molecule has 2 heterocycles. The quantitative estimate of drug-likeness (QED) is 0.652. The smallest absolute Gasteiger partial charge is 0.407 e. The normalized spacial score (nSPS) is 17.3. The van der Waals surface area contributed by atoms with E-state index < -0.39 is 39.5 Å². The van der Waals surface area contributed by atoms with Crippen molar-refractivity contribution in [2.75, 3.05) is 13.1 Å². The number of benzene rings is 1. The van der Waals surface area contributed by atoms with E-state index in [1.54, 1.807) is 0 Å². The van der Waals surface area contributed by atoms with Crippen LogP contribution in [0.3, 0.4) is 0 Å². The Hall–Kier alpha value is -3.11. The molecule has 0 radical (unpaired) electrons. The molecule has 1 aliphatic rings. The summed E-state index contributed by atoms with van der Waals surface area (Å²) in [7, 11) is 0. The van der Waals surface area contributed by atoms with Gasteiger partial charge in [-0.1, -0.05) is 5.16 Å². The van der Waals surface area contributed by atoms with Gasteiger partial charge in [0.1, 0.15) is 5.82 Å². The summed E-state index contributed by atoms with van der Waals surface area (Å²) in [5.41, 5.74) is -1.90. The van der Waals surface area contributed by atoms with Crippen LogP contribution < -0.4 is 0 Å². The maximum absolute atomic E-state index is 14.5. The minimum atomic E-state index is -1.25. The van der Waals surface area contributed by atoms with Gasteiger partial charge in [0, 0.05) is 13.1 Å². The second-order valence-corrected chi connectivity index (χ2v) is 5.97. The SMILES string of the molecule is Cc1c(F)cc(-c2noc(C3CCCN(C(=O)O)C3)n2)c(F)c1[N+](=O)[O-]. The number of carbonyl (C=O) groups is 1. The molecule has 1 atom stereocenters. The molecule has 9 nitrogen and oxygen atoms in total. The Morgan fingerprint density at radius 2 is 2.23 bits per heavy atom. The second kappa shape index (κ2) is 6.65. The maximum atomic E-state index is 14.5. The molecule has 1 fully saturated rings. The molecular formula is C15H14F2N4O5. The van der Waals surface area contributed by atoms with Crippen molar-refractivity contribution in [3.63, 3.8) is 0 Å². The Balaban J connectivity index is 1.96. The van der Waals surface area contributed by atoms with E-state index in [4.69, 9.17) is 9.63 Å². The average molecular weight is 368 g/mol. The van der Waals surface area contributed by atoms with Crippen molar-refractivity contribution in [2.24, 2.45) is 0 Å². The minimum absolute atomic E-state index is 0.0778. The number of likely N-dealkylation sites (tertiary alicyclic amines) is 1. The summed E-state index contributed by atoms with van der Waals surface area (Å²) in [4.78, 5) is 26.3. The van der Waals surface area contributed by atoms with Crippen molar-refractivity contribution in [3.8, 4) is 11.4 Å². The summed E-state index contributed by atoms with van der Waals surface area (Å²) in [5.74, 6) is -2.85. The molecule has 1 aliphatic heterocycles. The van der Waals surface area contributed by atoms with Gasteiger partial charge in [-0.25, -0.2) is 9.18 Å². The molecule has 1 aromatic carbocycles. The maximum Gasteiger partial charge on any atom is 0.407 e. The molecule has 0 bridgehead atoms. The van der Waals surface area contributed by atoms with Gasteiger partial charge in [0.25, 0.3) is 0 Å².